The van der Waals surface area contributed by atoms with E-state index in [4.69, 9.17) is 30.5 Å². The molecule has 1 N–H and O–H groups in total. The number of halogens is 1. The first-order valence-corrected chi connectivity index (χ1v) is 13.0. The van der Waals surface area contributed by atoms with E-state index in [0.29, 0.717) is 44.8 Å². The van der Waals surface area contributed by atoms with Crippen molar-refractivity contribution in [2.24, 2.45) is 0 Å². The summed E-state index contributed by atoms with van der Waals surface area (Å²) < 4.78 is 21.8. The van der Waals surface area contributed by atoms with Crippen molar-refractivity contribution in [3.8, 4) is 23.0 Å². The second kappa shape index (κ2) is 11.3. The smallest absolute Gasteiger partial charge is 0.293 e. The van der Waals surface area contributed by atoms with Crippen molar-refractivity contribution >= 4 is 52.2 Å². The minimum Gasteiger partial charge on any atom is -0.493 e. The lowest BCUT2D eigenvalue weighted by Gasteiger charge is -2.14. The van der Waals surface area contributed by atoms with Gasteiger partial charge in [-0.05, 0) is 71.8 Å². The first-order valence-electron chi connectivity index (χ1n) is 11.8. The van der Waals surface area contributed by atoms with Crippen LogP contribution < -0.4 is 24.3 Å². The first kappa shape index (κ1) is 26.5. The molecule has 1 saturated heterocycles. The van der Waals surface area contributed by atoms with Crippen LogP contribution in [0, 0.1) is 6.92 Å². The number of carbonyl (C=O) groups excluding carboxylic acids is 3. The fourth-order valence-corrected chi connectivity index (χ4v) is 5.05. The van der Waals surface area contributed by atoms with E-state index in [2.05, 4.69) is 5.32 Å². The number of aryl methyl sites for hydroxylation is 1. The highest BCUT2D eigenvalue weighted by Gasteiger charge is 2.35. The van der Waals surface area contributed by atoms with Crippen LogP contribution in [0.3, 0.4) is 0 Å². The monoisotopic (exact) mass is 566 g/mol. The van der Waals surface area contributed by atoms with Gasteiger partial charge < -0.3 is 24.3 Å². The summed E-state index contributed by atoms with van der Waals surface area (Å²) >= 11 is 7.17. The lowest BCUT2D eigenvalue weighted by molar-refractivity contribution is -0.123. The van der Waals surface area contributed by atoms with Crippen molar-refractivity contribution < 1.29 is 33.3 Å². The molecule has 11 heteroatoms. The highest BCUT2D eigenvalue weighted by atomic mass is 35.5. The van der Waals surface area contributed by atoms with Gasteiger partial charge in [0, 0.05) is 16.8 Å². The van der Waals surface area contributed by atoms with E-state index in [-0.39, 0.29) is 30.8 Å². The lowest BCUT2D eigenvalue weighted by Crippen LogP contribution is -2.27. The van der Waals surface area contributed by atoms with Crippen LogP contribution in [0.2, 0.25) is 5.02 Å². The Hall–Kier alpha value is -4.15. The molecule has 0 saturated carbocycles. The van der Waals surface area contributed by atoms with E-state index < -0.39 is 11.1 Å². The zero-order valence-corrected chi connectivity index (χ0v) is 22.6. The van der Waals surface area contributed by atoms with Gasteiger partial charge in [-0.2, -0.15) is 0 Å². The van der Waals surface area contributed by atoms with Crippen molar-refractivity contribution in [2.45, 2.75) is 13.5 Å². The average Bonchev–Trinajstić information content (AvgIpc) is 3.46. The Kier molecular flexibility index (Phi) is 7.67. The quantitative estimate of drug-likeness (QED) is 0.349. The van der Waals surface area contributed by atoms with Crippen molar-refractivity contribution in [3.05, 3.63) is 81.2 Å². The average molecular weight is 567 g/mol. The molecule has 2 aliphatic rings. The van der Waals surface area contributed by atoms with Crippen LogP contribution in [0.5, 0.6) is 23.0 Å². The molecule has 39 heavy (non-hydrogen) atoms. The lowest BCUT2D eigenvalue weighted by atomic mass is 10.1. The normalized spacial score (nSPS) is 15.2. The molecule has 0 unspecified atom stereocenters. The summed E-state index contributed by atoms with van der Waals surface area (Å²) in [5, 5.41) is 2.74. The van der Waals surface area contributed by atoms with Crippen LogP contribution in [0.15, 0.2) is 59.5 Å². The molecule has 3 aromatic rings. The number of benzene rings is 3. The predicted molar refractivity (Wildman–Crippen MR) is 147 cm³/mol. The van der Waals surface area contributed by atoms with Crippen molar-refractivity contribution in [2.75, 3.05) is 25.8 Å². The fourth-order valence-electron chi connectivity index (χ4n) is 3.99. The topological polar surface area (TPSA) is 103 Å². The third-order valence-electron chi connectivity index (χ3n) is 5.89. The second-order valence-electron chi connectivity index (χ2n) is 8.68. The van der Waals surface area contributed by atoms with Crippen LogP contribution in [-0.2, 0) is 16.1 Å². The Labute approximate surface area is 233 Å². The summed E-state index contributed by atoms with van der Waals surface area (Å²) in [4.78, 5) is 39.4. The molecule has 1 fully saturated rings. The summed E-state index contributed by atoms with van der Waals surface area (Å²) in [7, 11) is 1.47. The third-order valence-corrected chi connectivity index (χ3v) is 7.15. The fraction of sp³-hybridized carbons (Fsp3) is 0.179. The van der Waals surface area contributed by atoms with Crippen molar-refractivity contribution in [1.29, 1.82) is 0 Å². The van der Waals surface area contributed by atoms with Crippen LogP contribution in [-0.4, -0.2) is 42.5 Å². The van der Waals surface area contributed by atoms with Crippen LogP contribution in [0.25, 0.3) is 6.08 Å². The number of hydrogen-bond donors (Lipinski definition) is 1. The van der Waals surface area contributed by atoms with Crippen LogP contribution in [0.4, 0.5) is 10.5 Å². The molecule has 0 spiro atoms. The van der Waals surface area contributed by atoms with E-state index in [1.54, 1.807) is 42.5 Å². The first-order chi connectivity index (χ1) is 18.8. The molecule has 3 aromatic carbocycles. The third kappa shape index (κ3) is 5.97. The number of anilines is 1. The highest BCUT2D eigenvalue weighted by Crippen LogP contribution is 2.40. The Balaban J connectivity index is 1.25. The number of ether oxygens (including phenoxy) is 4. The second-order valence-corrected chi connectivity index (χ2v) is 10.1. The Morgan fingerprint density at radius 3 is 2.67 bits per heavy atom. The number of thioether (sulfide) groups is 1. The van der Waals surface area contributed by atoms with Gasteiger partial charge in [0.2, 0.25) is 6.79 Å². The van der Waals surface area contributed by atoms with Gasteiger partial charge in [-0.15, -0.1) is 0 Å². The zero-order valence-electron chi connectivity index (χ0n) is 21.0. The van der Waals surface area contributed by atoms with Gasteiger partial charge in [0.05, 0.1) is 18.6 Å². The Bertz CT molecular complexity index is 1510. The predicted octanol–water partition coefficient (Wildman–Crippen LogP) is 5.64. The van der Waals surface area contributed by atoms with Crippen LogP contribution in [0.1, 0.15) is 16.7 Å². The molecular formula is C28H23ClN2O7S. The molecule has 9 nitrogen and oxygen atoms in total. The van der Waals surface area contributed by atoms with Gasteiger partial charge in [-0.3, -0.25) is 19.3 Å². The summed E-state index contributed by atoms with van der Waals surface area (Å²) in [6.07, 6.45) is 1.60. The van der Waals surface area contributed by atoms with E-state index in [0.717, 1.165) is 22.2 Å². The highest BCUT2D eigenvalue weighted by molar-refractivity contribution is 8.18. The van der Waals surface area contributed by atoms with Gasteiger partial charge >= 0.3 is 0 Å². The van der Waals surface area contributed by atoms with Gasteiger partial charge in [0.15, 0.2) is 29.6 Å². The maximum Gasteiger partial charge on any atom is 0.293 e. The molecule has 0 radical (unpaired) electrons. The number of amides is 3. The minimum atomic E-state index is -0.439. The van der Waals surface area contributed by atoms with Gasteiger partial charge in [0.25, 0.3) is 17.1 Å². The standard InChI is InChI=1S/C28H23ClN2O7S/c1-16-4-3-5-19(8-16)30-26(32)14-36-21-7-6-17(9-22(21)35-2)10-25-27(33)31(28(34)39-25)13-18-11-23-24(12-20(18)29)38-15-37-23/h3-12H,13-15H2,1-2H3,(H,30,32)/b25-10+. The number of imide groups is 1. The molecule has 0 bridgehead atoms. The summed E-state index contributed by atoms with van der Waals surface area (Å²) in [6, 6.07) is 15.7. The maximum atomic E-state index is 13.1. The molecular weight excluding hydrogens is 544 g/mol. The van der Waals surface area contributed by atoms with Crippen LogP contribution >= 0.6 is 23.4 Å². The van der Waals surface area contributed by atoms with Crippen molar-refractivity contribution in [3.63, 3.8) is 0 Å². The molecule has 0 aromatic heterocycles. The number of hydrogen-bond acceptors (Lipinski definition) is 8. The molecule has 0 aliphatic carbocycles. The Morgan fingerprint density at radius 2 is 1.90 bits per heavy atom. The number of rotatable bonds is 8. The SMILES string of the molecule is COc1cc(/C=C2/SC(=O)N(Cc3cc4c(cc3Cl)OCO4)C2=O)ccc1OCC(=O)Nc1cccc(C)c1. The van der Waals surface area contributed by atoms with E-state index in [9.17, 15) is 14.4 Å². The molecule has 2 aliphatic heterocycles. The zero-order chi connectivity index (χ0) is 27.5. The van der Waals surface area contributed by atoms with Gasteiger partial charge in [0.1, 0.15) is 0 Å². The molecule has 5 rings (SSSR count). The number of nitrogens with zero attached hydrogens (tertiary/aromatic N) is 1. The number of nitrogens with one attached hydrogen (secondary N) is 1. The molecule has 200 valence electrons. The maximum absolute atomic E-state index is 13.1. The summed E-state index contributed by atoms with van der Waals surface area (Å²) in [5.74, 6) is 1.01. The van der Waals surface area contributed by atoms with Gasteiger partial charge in [-0.1, -0.05) is 29.8 Å². The number of fused-ring (bicyclic) bond motifs is 1. The summed E-state index contributed by atoms with van der Waals surface area (Å²) in [6.45, 7) is 1.81. The molecule has 3 amide bonds. The number of carbonyl (C=O) groups is 3. The largest absolute Gasteiger partial charge is 0.493 e. The number of methoxy groups -OCH3 is 1. The Morgan fingerprint density at radius 1 is 1.10 bits per heavy atom. The molecule has 2 heterocycles. The summed E-state index contributed by atoms with van der Waals surface area (Å²) in [5.41, 5.74) is 2.90. The van der Waals surface area contributed by atoms with E-state index in [1.807, 2.05) is 25.1 Å². The molecule has 0 atom stereocenters. The van der Waals surface area contributed by atoms with Crippen molar-refractivity contribution in [1.82, 2.24) is 4.90 Å². The van der Waals surface area contributed by atoms with E-state index in [1.165, 1.54) is 7.11 Å². The van der Waals surface area contributed by atoms with Gasteiger partial charge in [-0.25, -0.2) is 0 Å². The minimum absolute atomic E-state index is 0.00179. The van der Waals surface area contributed by atoms with E-state index >= 15 is 0 Å².